The Balaban J connectivity index is 2.75. The first-order valence-electron chi connectivity index (χ1n) is 5.05. The van der Waals surface area contributed by atoms with Crippen LogP contribution in [0.3, 0.4) is 0 Å². The van der Waals surface area contributed by atoms with Gasteiger partial charge in [-0.2, -0.15) is 0 Å². The van der Waals surface area contributed by atoms with E-state index in [0.717, 1.165) is 0 Å². The van der Waals surface area contributed by atoms with Crippen molar-refractivity contribution in [3.8, 4) is 5.75 Å². The lowest BCUT2D eigenvalue weighted by Crippen LogP contribution is -2.23. The minimum atomic E-state index is -1.11. The molecule has 0 fully saturated rings. The van der Waals surface area contributed by atoms with Gasteiger partial charge in [0.1, 0.15) is 11.9 Å². The summed E-state index contributed by atoms with van der Waals surface area (Å²) in [5.41, 5.74) is 0.285. The Morgan fingerprint density at radius 3 is 2.62 bits per heavy atom. The number of benzene rings is 1. The molecule has 0 aliphatic heterocycles. The van der Waals surface area contributed by atoms with Crippen LogP contribution in [-0.2, 0) is 0 Å². The fourth-order valence-electron chi connectivity index (χ4n) is 1.42. The van der Waals surface area contributed by atoms with Gasteiger partial charge in [-0.05, 0) is 32.1 Å². The number of nitrogens with one attached hydrogen (secondary N) is 1. The van der Waals surface area contributed by atoms with Crippen LogP contribution in [0.4, 0.5) is 0 Å². The molecule has 1 aromatic carbocycles. The summed E-state index contributed by atoms with van der Waals surface area (Å²) in [5.74, 6) is -0.108. The van der Waals surface area contributed by atoms with Gasteiger partial charge in [-0.25, -0.2) is 0 Å². The van der Waals surface area contributed by atoms with E-state index in [9.17, 15) is 15.3 Å². The lowest BCUT2D eigenvalue weighted by molar-refractivity contribution is 0.0127. The van der Waals surface area contributed by atoms with Crippen molar-refractivity contribution in [2.24, 2.45) is 0 Å². The molecule has 1 aromatic rings. The fourth-order valence-corrected chi connectivity index (χ4v) is 1.59. The van der Waals surface area contributed by atoms with Gasteiger partial charge in [-0.3, -0.25) is 0 Å². The van der Waals surface area contributed by atoms with Gasteiger partial charge in [0.2, 0.25) is 0 Å². The molecular weight excluding hydrogens is 230 g/mol. The standard InChI is InChI=1S/C11H16ClNO3/c1-13-5-4-9(14)11(16)8-3-2-7(12)6-10(8)15/h2-3,6,9,11,13-16H,4-5H2,1H3. The number of phenols is 1. The monoisotopic (exact) mass is 245 g/mol. The third-order valence-corrected chi connectivity index (χ3v) is 2.60. The highest BCUT2D eigenvalue weighted by Crippen LogP contribution is 2.29. The van der Waals surface area contributed by atoms with Crippen LogP contribution in [0.5, 0.6) is 5.75 Å². The average Bonchev–Trinajstić information content (AvgIpc) is 2.25. The van der Waals surface area contributed by atoms with Gasteiger partial charge in [0, 0.05) is 10.6 Å². The number of hydrogen-bond acceptors (Lipinski definition) is 4. The van der Waals surface area contributed by atoms with Gasteiger partial charge >= 0.3 is 0 Å². The van der Waals surface area contributed by atoms with E-state index in [1.807, 2.05) is 0 Å². The maximum atomic E-state index is 9.81. The minimum Gasteiger partial charge on any atom is -0.508 e. The Bertz CT molecular complexity index is 346. The van der Waals surface area contributed by atoms with Gasteiger partial charge in [0.15, 0.2) is 0 Å². The highest BCUT2D eigenvalue weighted by molar-refractivity contribution is 6.30. The molecule has 2 atom stereocenters. The predicted octanol–water partition coefficient (Wildman–Crippen LogP) is 1.05. The van der Waals surface area contributed by atoms with E-state index >= 15 is 0 Å². The van der Waals surface area contributed by atoms with Crippen LogP contribution in [-0.4, -0.2) is 35.0 Å². The lowest BCUT2D eigenvalue weighted by atomic mass is 10.0. The van der Waals surface area contributed by atoms with Crippen LogP contribution in [0, 0.1) is 0 Å². The van der Waals surface area contributed by atoms with Crippen LogP contribution in [0.15, 0.2) is 18.2 Å². The number of aliphatic hydroxyl groups is 2. The molecule has 5 heteroatoms. The normalized spacial score (nSPS) is 14.8. The molecule has 0 bridgehead atoms. The van der Waals surface area contributed by atoms with E-state index in [-0.39, 0.29) is 11.3 Å². The Kier molecular flexibility index (Phi) is 5.02. The maximum absolute atomic E-state index is 9.81. The number of hydrogen-bond donors (Lipinski definition) is 4. The van der Waals surface area contributed by atoms with Gasteiger partial charge < -0.3 is 20.6 Å². The van der Waals surface area contributed by atoms with Gasteiger partial charge in [0.25, 0.3) is 0 Å². The van der Waals surface area contributed by atoms with Crippen LogP contribution < -0.4 is 5.32 Å². The summed E-state index contributed by atoms with van der Waals surface area (Å²) in [6.45, 7) is 0.590. The second-order valence-corrected chi connectivity index (χ2v) is 4.04. The second kappa shape index (κ2) is 6.06. The van der Waals surface area contributed by atoms with Crippen LogP contribution in [0.25, 0.3) is 0 Å². The molecule has 4 nitrogen and oxygen atoms in total. The van der Waals surface area contributed by atoms with E-state index in [0.29, 0.717) is 18.0 Å². The second-order valence-electron chi connectivity index (χ2n) is 3.61. The molecule has 1 rings (SSSR count). The highest BCUT2D eigenvalue weighted by atomic mass is 35.5. The van der Waals surface area contributed by atoms with Crippen molar-refractivity contribution in [3.63, 3.8) is 0 Å². The first kappa shape index (κ1) is 13.3. The molecule has 0 amide bonds. The third kappa shape index (κ3) is 3.35. The van der Waals surface area contributed by atoms with Crippen molar-refractivity contribution in [3.05, 3.63) is 28.8 Å². The summed E-state index contributed by atoms with van der Waals surface area (Å²) in [7, 11) is 1.76. The zero-order valence-electron chi connectivity index (χ0n) is 9.02. The number of aliphatic hydroxyl groups excluding tert-OH is 2. The van der Waals surface area contributed by atoms with Gasteiger partial charge in [-0.1, -0.05) is 17.7 Å². The summed E-state index contributed by atoms with van der Waals surface area (Å²) >= 11 is 5.67. The van der Waals surface area contributed by atoms with E-state index in [2.05, 4.69) is 5.32 Å². The van der Waals surface area contributed by atoms with Crippen molar-refractivity contribution in [1.29, 1.82) is 0 Å². The van der Waals surface area contributed by atoms with E-state index in [4.69, 9.17) is 11.6 Å². The molecule has 0 aliphatic rings. The summed E-state index contributed by atoms with van der Waals surface area (Å²) < 4.78 is 0. The van der Waals surface area contributed by atoms with E-state index < -0.39 is 12.2 Å². The molecule has 0 aliphatic carbocycles. The van der Waals surface area contributed by atoms with Gasteiger partial charge in [0.05, 0.1) is 6.10 Å². The van der Waals surface area contributed by atoms with Crippen LogP contribution in [0.1, 0.15) is 18.1 Å². The first-order chi connectivity index (χ1) is 7.56. The molecule has 2 unspecified atom stereocenters. The molecule has 0 saturated carbocycles. The third-order valence-electron chi connectivity index (χ3n) is 2.37. The predicted molar refractivity (Wildman–Crippen MR) is 62.6 cm³/mol. The molecule has 90 valence electrons. The highest BCUT2D eigenvalue weighted by Gasteiger charge is 2.20. The van der Waals surface area contributed by atoms with Crippen molar-refractivity contribution < 1.29 is 15.3 Å². The van der Waals surface area contributed by atoms with Crippen molar-refractivity contribution in [2.75, 3.05) is 13.6 Å². The molecular formula is C11H16ClNO3. The molecule has 0 radical (unpaired) electrons. The lowest BCUT2D eigenvalue weighted by Gasteiger charge is -2.19. The molecule has 0 spiro atoms. The zero-order valence-corrected chi connectivity index (χ0v) is 9.78. The number of halogens is 1. The SMILES string of the molecule is CNCCC(O)C(O)c1ccc(Cl)cc1O. The molecule has 0 aromatic heterocycles. The average molecular weight is 246 g/mol. The summed E-state index contributed by atoms with van der Waals surface area (Å²) in [6, 6.07) is 4.40. The van der Waals surface area contributed by atoms with Gasteiger partial charge in [-0.15, -0.1) is 0 Å². The van der Waals surface area contributed by atoms with Crippen LogP contribution in [0.2, 0.25) is 5.02 Å². The summed E-state index contributed by atoms with van der Waals surface area (Å²) in [5, 5.41) is 32.3. The molecule has 16 heavy (non-hydrogen) atoms. The first-order valence-corrected chi connectivity index (χ1v) is 5.43. The van der Waals surface area contributed by atoms with E-state index in [1.165, 1.54) is 12.1 Å². The Labute approximate surface area is 99.5 Å². The smallest absolute Gasteiger partial charge is 0.122 e. The summed E-state index contributed by atoms with van der Waals surface area (Å²) in [4.78, 5) is 0. The van der Waals surface area contributed by atoms with Crippen molar-refractivity contribution in [2.45, 2.75) is 18.6 Å². The quantitative estimate of drug-likeness (QED) is 0.626. The number of rotatable bonds is 5. The minimum absolute atomic E-state index is 0.108. The van der Waals surface area contributed by atoms with E-state index in [1.54, 1.807) is 13.1 Å². The maximum Gasteiger partial charge on any atom is 0.122 e. The van der Waals surface area contributed by atoms with Crippen molar-refractivity contribution in [1.82, 2.24) is 5.32 Å². The molecule has 0 heterocycles. The number of phenolic OH excluding ortho intramolecular Hbond substituents is 1. The Morgan fingerprint density at radius 2 is 2.06 bits per heavy atom. The zero-order chi connectivity index (χ0) is 12.1. The molecule has 4 N–H and O–H groups in total. The Morgan fingerprint density at radius 1 is 1.38 bits per heavy atom. The Hall–Kier alpha value is -0.810. The topological polar surface area (TPSA) is 72.7 Å². The summed E-state index contributed by atoms with van der Waals surface area (Å²) in [6.07, 6.45) is -1.62. The molecule has 0 saturated heterocycles. The fraction of sp³-hybridized carbons (Fsp3) is 0.455. The van der Waals surface area contributed by atoms with Crippen LogP contribution >= 0.6 is 11.6 Å². The largest absolute Gasteiger partial charge is 0.508 e. The number of aromatic hydroxyl groups is 1. The van der Waals surface area contributed by atoms with Crippen molar-refractivity contribution >= 4 is 11.6 Å².